The van der Waals surface area contributed by atoms with E-state index in [0.29, 0.717) is 25.9 Å². The first-order valence-corrected chi connectivity index (χ1v) is 6.58. The van der Waals surface area contributed by atoms with Crippen LogP contribution in [0.5, 0.6) is 0 Å². The molecule has 0 bridgehead atoms. The Morgan fingerprint density at radius 1 is 1.44 bits per heavy atom. The second kappa shape index (κ2) is 4.37. The lowest BCUT2D eigenvalue weighted by atomic mass is 9.85. The van der Waals surface area contributed by atoms with Gasteiger partial charge in [-0.1, -0.05) is 0 Å². The molecular formula is C13H23FN2O2. The molecule has 1 aliphatic carbocycles. The second-order valence-corrected chi connectivity index (χ2v) is 6.74. The number of amides is 1. The monoisotopic (exact) mass is 258 g/mol. The fraction of sp³-hybridized carbons (Fsp3) is 0.923. The number of carbonyl (C=O) groups excluding carboxylic acids is 1. The normalized spacial score (nSPS) is 36.4. The molecule has 0 aromatic carbocycles. The van der Waals surface area contributed by atoms with Gasteiger partial charge in [0.25, 0.3) is 0 Å². The van der Waals surface area contributed by atoms with Crippen LogP contribution in [0.2, 0.25) is 0 Å². The molecule has 1 unspecified atom stereocenters. The standard InChI is InChI=1S/C13H23FN2O2/c1-12(2,3)18-11(17)16-5-4-13(8-16)6-9(14)10(15)7-13/h9-10H,4-8,15H2,1-3H3/t9-,10-,13?/m1/s1. The molecule has 1 saturated heterocycles. The third kappa shape index (κ3) is 2.76. The second-order valence-electron chi connectivity index (χ2n) is 6.74. The summed E-state index contributed by atoms with van der Waals surface area (Å²) in [5.74, 6) is 0. The zero-order valence-corrected chi connectivity index (χ0v) is 11.4. The van der Waals surface area contributed by atoms with Crippen molar-refractivity contribution in [3.05, 3.63) is 0 Å². The van der Waals surface area contributed by atoms with Gasteiger partial charge in [-0.25, -0.2) is 9.18 Å². The van der Waals surface area contributed by atoms with Gasteiger partial charge in [0, 0.05) is 19.1 Å². The lowest BCUT2D eigenvalue weighted by Gasteiger charge is -2.26. The minimum atomic E-state index is -0.927. The van der Waals surface area contributed by atoms with E-state index in [1.165, 1.54) is 0 Å². The van der Waals surface area contributed by atoms with Gasteiger partial charge >= 0.3 is 6.09 Å². The summed E-state index contributed by atoms with van der Waals surface area (Å²) in [5, 5.41) is 0. The summed E-state index contributed by atoms with van der Waals surface area (Å²) in [6.45, 7) is 6.77. The highest BCUT2D eigenvalue weighted by Gasteiger charge is 2.49. The highest BCUT2D eigenvalue weighted by atomic mass is 19.1. The number of carbonyl (C=O) groups is 1. The molecule has 0 aromatic rings. The van der Waals surface area contributed by atoms with Crippen LogP contribution in [0.4, 0.5) is 9.18 Å². The van der Waals surface area contributed by atoms with E-state index in [9.17, 15) is 9.18 Å². The molecule has 1 saturated carbocycles. The van der Waals surface area contributed by atoms with Crippen LogP contribution in [0.1, 0.15) is 40.0 Å². The first-order chi connectivity index (χ1) is 8.21. The van der Waals surface area contributed by atoms with Crippen LogP contribution in [0, 0.1) is 5.41 Å². The SMILES string of the molecule is CC(C)(C)OC(=O)N1CCC2(C[C@@H](N)[C@H](F)C2)C1. The predicted molar refractivity (Wildman–Crippen MR) is 67.0 cm³/mol. The molecule has 2 aliphatic rings. The Kier molecular flexibility index (Phi) is 3.30. The van der Waals surface area contributed by atoms with E-state index in [2.05, 4.69) is 0 Å². The average molecular weight is 258 g/mol. The van der Waals surface area contributed by atoms with E-state index >= 15 is 0 Å². The quantitative estimate of drug-likeness (QED) is 0.723. The molecule has 1 heterocycles. The zero-order valence-electron chi connectivity index (χ0n) is 11.4. The van der Waals surface area contributed by atoms with Gasteiger partial charge in [-0.15, -0.1) is 0 Å². The van der Waals surface area contributed by atoms with Gasteiger partial charge in [-0.2, -0.15) is 0 Å². The number of halogens is 1. The minimum absolute atomic E-state index is 0.115. The van der Waals surface area contributed by atoms with E-state index in [0.717, 1.165) is 6.42 Å². The average Bonchev–Trinajstić information content (AvgIpc) is 2.70. The van der Waals surface area contributed by atoms with E-state index in [1.807, 2.05) is 20.8 Å². The Bertz CT molecular complexity index is 330. The summed E-state index contributed by atoms with van der Waals surface area (Å²) in [6.07, 6.45) is 0.764. The summed E-state index contributed by atoms with van der Waals surface area (Å²) in [6, 6.07) is -0.372. The van der Waals surface area contributed by atoms with Gasteiger partial charge < -0.3 is 15.4 Å². The molecule has 5 heteroatoms. The van der Waals surface area contributed by atoms with Crippen molar-refractivity contribution in [3.8, 4) is 0 Å². The smallest absolute Gasteiger partial charge is 0.410 e. The van der Waals surface area contributed by atoms with Crippen LogP contribution in [0.15, 0.2) is 0 Å². The van der Waals surface area contributed by atoms with Gasteiger partial charge in [-0.3, -0.25) is 0 Å². The maximum Gasteiger partial charge on any atom is 0.410 e. The number of hydrogen-bond acceptors (Lipinski definition) is 3. The van der Waals surface area contributed by atoms with Crippen LogP contribution in [0.3, 0.4) is 0 Å². The lowest BCUT2D eigenvalue weighted by Crippen LogP contribution is -2.36. The van der Waals surface area contributed by atoms with E-state index in [4.69, 9.17) is 10.5 Å². The zero-order chi connectivity index (χ0) is 13.6. The summed E-state index contributed by atoms with van der Waals surface area (Å²) < 4.78 is 18.9. The van der Waals surface area contributed by atoms with Gasteiger partial charge in [0.05, 0.1) is 0 Å². The largest absolute Gasteiger partial charge is 0.444 e. The Morgan fingerprint density at radius 3 is 2.61 bits per heavy atom. The van der Waals surface area contributed by atoms with Gasteiger partial charge in [0.15, 0.2) is 0 Å². The molecule has 1 amide bonds. The maximum absolute atomic E-state index is 13.6. The third-order valence-corrected chi connectivity index (χ3v) is 3.85. The van der Waals surface area contributed by atoms with Crippen LogP contribution >= 0.6 is 0 Å². The predicted octanol–water partition coefficient (Wildman–Crippen LogP) is 2.07. The van der Waals surface area contributed by atoms with Crippen molar-refractivity contribution in [1.29, 1.82) is 0 Å². The van der Waals surface area contributed by atoms with Crippen LogP contribution < -0.4 is 5.73 Å². The summed E-state index contributed by atoms with van der Waals surface area (Å²) in [7, 11) is 0. The van der Waals surface area contributed by atoms with Crippen LogP contribution in [-0.2, 0) is 4.74 Å². The number of nitrogens with zero attached hydrogens (tertiary/aromatic N) is 1. The number of alkyl halides is 1. The molecule has 1 spiro atoms. The molecule has 0 aromatic heterocycles. The molecule has 3 atom stereocenters. The number of nitrogens with two attached hydrogens (primary N) is 1. The highest BCUT2D eigenvalue weighted by Crippen LogP contribution is 2.46. The van der Waals surface area contributed by atoms with Crippen LogP contribution in [-0.4, -0.2) is 41.9 Å². The first kappa shape index (κ1) is 13.6. The molecule has 104 valence electrons. The van der Waals surface area contributed by atoms with Gasteiger partial charge in [0.1, 0.15) is 11.8 Å². The van der Waals surface area contributed by atoms with Crippen molar-refractivity contribution >= 4 is 6.09 Å². The van der Waals surface area contributed by atoms with E-state index < -0.39 is 11.8 Å². The third-order valence-electron chi connectivity index (χ3n) is 3.85. The summed E-state index contributed by atoms with van der Waals surface area (Å²) in [5.41, 5.74) is 5.15. The number of rotatable bonds is 0. The number of likely N-dealkylation sites (tertiary alicyclic amines) is 1. The number of ether oxygens (including phenoxy) is 1. The van der Waals surface area contributed by atoms with Gasteiger partial charge in [0.2, 0.25) is 0 Å². The molecular weight excluding hydrogens is 235 g/mol. The van der Waals surface area contributed by atoms with Crippen molar-refractivity contribution in [1.82, 2.24) is 4.90 Å². The molecule has 2 rings (SSSR count). The van der Waals surface area contributed by atoms with E-state index in [1.54, 1.807) is 4.90 Å². The molecule has 0 radical (unpaired) electrons. The van der Waals surface area contributed by atoms with E-state index in [-0.39, 0.29) is 17.6 Å². The minimum Gasteiger partial charge on any atom is -0.444 e. The molecule has 4 nitrogen and oxygen atoms in total. The fourth-order valence-electron chi connectivity index (χ4n) is 3.03. The first-order valence-electron chi connectivity index (χ1n) is 6.58. The van der Waals surface area contributed by atoms with Crippen molar-refractivity contribution in [2.24, 2.45) is 11.1 Å². The Balaban J connectivity index is 1.95. The topological polar surface area (TPSA) is 55.6 Å². The van der Waals surface area contributed by atoms with Crippen molar-refractivity contribution in [2.75, 3.05) is 13.1 Å². The summed E-state index contributed by atoms with van der Waals surface area (Å²) >= 11 is 0. The highest BCUT2D eigenvalue weighted by molar-refractivity contribution is 5.68. The van der Waals surface area contributed by atoms with Crippen molar-refractivity contribution in [3.63, 3.8) is 0 Å². The molecule has 1 aliphatic heterocycles. The molecule has 2 fully saturated rings. The summed E-state index contributed by atoms with van der Waals surface area (Å²) in [4.78, 5) is 13.6. The maximum atomic E-state index is 13.6. The molecule has 2 N–H and O–H groups in total. The number of hydrogen-bond donors (Lipinski definition) is 1. The molecule has 18 heavy (non-hydrogen) atoms. The van der Waals surface area contributed by atoms with Crippen LogP contribution in [0.25, 0.3) is 0 Å². The lowest BCUT2D eigenvalue weighted by molar-refractivity contribution is 0.0272. The Morgan fingerprint density at radius 2 is 2.11 bits per heavy atom. The Hall–Kier alpha value is -0.840. The van der Waals surface area contributed by atoms with Crippen molar-refractivity contribution < 1.29 is 13.9 Å². The fourth-order valence-corrected chi connectivity index (χ4v) is 3.03. The van der Waals surface area contributed by atoms with Crippen molar-refractivity contribution in [2.45, 2.75) is 57.8 Å². The van der Waals surface area contributed by atoms with Gasteiger partial charge in [-0.05, 0) is 45.4 Å². The Labute approximate surface area is 108 Å².